The maximum atomic E-state index is 2.35. The van der Waals surface area contributed by atoms with Crippen molar-refractivity contribution in [3.05, 3.63) is 78.4 Å². The summed E-state index contributed by atoms with van der Waals surface area (Å²) >= 11 is 0. The molecular weight excluding hydrogens is 299 g/mol. The Morgan fingerprint density at radius 1 is 0.640 bits per heavy atom. The van der Waals surface area contributed by atoms with Gasteiger partial charge in [-0.2, -0.15) is 0 Å². The molecule has 0 heterocycles. The minimum absolute atomic E-state index is 0.782. The molecule has 0 aromatic heterocycles. The standard InChI is InChI=1S/C24H25B/c25-24-17-22(15-16-23(24)21-9-5-2-6-10-21)20-13-11-19(12-14-20)18-7-3-1-4-8-18/h2,5-6,9-18H,1,3-4,7-8,25H2. The fourth-order valence-electron chi connectivity index (χ4n) is 4.17. The summed E-state index contributed by atoms with van der Waals surface area (Å²) in [4.78, 5) is 0. The van der Waals surface area contributed by atoms with Crippen molar-refractivity contribution in [2.45, 2.75) is 38.0 Å². The van der Waals surface area contributed by atoms with Crippen LogP contribution >= 0.6 is 0 Å². The molecule has 3 aromatic carbocycles. The van der Waals surface area contributed by atoms with Crippen molar-refractivity contribution >= 4 is 13.3 Å². The van der Waals surface area contributed by atoms with Crippen LogP contribution in [0.1, 0.15) is 43.6 Å². The second-order valence-electron chi connectivity index (χ2n) is 7.35. The van der Waals surface area contributed by atoms with Crippen LogP contribution in [0.25, 0.3) is 22.3 Å². The van der Waals surface area contributed by atoms with E-state index in [1.165, 1.54) is 65.4 Å². The first-order valence-electron chi connectivity index (χ1n) is 9.58. The van der Waals surface area contributed by atoms with Crippen LogP contribution in [0.2, 0.25) is 0 Å². The SMILES string of the molecule is Bc1cc(-c2ccc(C3CCCCC3)cc2)ccc1-c1ccccc1. The van der Waals surface area contributed by atoms with Crippen molar-refractivity contribution in [1.29, 1.82) is 0 Å². The first-order chi connectivity index (χ1) is 12.3. The Bertz CT molecular complexity index is 828. The Morgan fingerprint density at radius 3 is 2.00 bits per heavy atom. The maximum absolute atomic E-state index is 2.35. The minimum Gasteiger partial charge on any atom is -0.0807 e. The normalized spacial score (nSPS) is 15.2. The third-order valence-electron chi connectivity index (χ3n) is 5.63. The molecule has 25 heavy (non-hydrogen) atoms. The molecule has 1 aliphatic carbocycles. The van der Waals surface area contributed by atoms with E-state index >= 15 is 0 Å². The van der Waals surface area contributed by atoms with E-state index in [9.17, 15) is 0 Å². The van der Waals surface area contributed by atoms with Gasteiger partial charge in [-0.25, -0.2) is 0 Å². The zero-order chi connectivity index (χ0) is 17.1. The lowest BCUT2D eigenvalue weighted by Gasteiger charge is -2.22. The van der Waals surface area contributed by atoms with Crippen molar-refractivity contribution in [3.63, 3.8) is 0 Å². The molecule has 1 fully saturated rings. The Hall–Kier alpha value is -2.28. The van der Waals surface area contributed by atoms with Gasteiger partial charge in [-0.05, 0) is 46.6 Å². The van der Waals surface area contributed by atoms with Crippen LogP contribution in [0.5, 0.6) is 0 Å². The second-order valence-corrected chi connectivity index (χ2v) is 7.35. The van der Waals surface area contributed by atoms with E-state index in [1.807, 2.05) is 0 Å². The summed E-state index contributed by atoms with van der Waals surface area (Å²) in [5.74, 6) is 0.782. The Balaban J connectivity index is 1.58. The third-order valence-corrected chi connectivity index (χ3v) is 5.63. The Labute approximate surface area is 152 Å². The molecule has 0 saturated heterocycles. The average Bonchev–Trinajstić information content (AvgIpc) is 2.69. The molecule has 0 radical (unpaired) electrons. The van der Waals surface area contributed by atoms with Crippen LogP contribution in [-0.2, 0) is 0 Å². The predicted molar refractivity (Wildman–Crippen MR) is 111 cm³/mol. The summed E-state index contributed by atoms with van der Waals surface area (Å²) in [5, 5.41) is 0. The molecule has 0 nitrogen and oxygen atoms in total. The van der Waals surface area contributed by atoms with E-state index in [0.717, 1.165) is 5.92 Å². The summed E-state index contributed by atoms with van der Waals surface area (Å²) in [6.45, 7) is 0. The lowest BCUT2D eigenvalue weighted by atomic mass is 9.82. The molecule has 3 aromatic rings. The zero-order valence-corrected chi connectivity index (χ0v) is 15.0. The first kappa shape index (κ1) is 16.2. The van der Waals surface area contributed by atoms with Gasteiger partial charge >= 0.3 is 0 Å². The third kappa shape index (κ3) is 3.56. The summed E-state index contributed by atoms with van der Waals surface area (Å²) in [5.41, 5.74) is 8.11. The van der Waals surface area contributed by atoms with Gasteiger partial charge in [0.05, 0.1) is 0 Å². The van der Waals surface area contributed by atoms with Crippen molar-refractivity contribution in [2.75, 3.05) is 0 Å². The van der Waals surface area contributed by atoms with Crippen LogP contribution < -0.4 is 5.46 Å². The van der Waals surface area contributed by atoms with E-state index in [0.29, 0.717) is 0 Å². The van der Waals surface area contributed by atoms with E-state index in [4.69, 9.17) is 0 Å². The van der Waals surface area contributed by atoms with Crippen molar-refractivity contribution < 1.29 is 0 Å². The van der Waals surface area contributed by atoms with E-state index in [2.05, 4.69) is 80.6 Å². The van der Waals surface area contributed by atoms with E-state index < -0.39 is 0 Å². The molecule has 0 spiro atoms. The van der Waals surface area contributed by atoms with Gasteiger partial charge < -0.3 is 0 Å². The van der Waals surface area contributed by atoms with Gasteiger partial charge in [0.1, 0.15) is 7.85 Å². The van der Waals surface area contributed by atoms with Crippen LogP contribution in [0.3, 0.4) is 0 Å². The largest absolute Gasteiger partial charge is 0.140 e. The molecule has 0 amide bonds. The van der Waals surface area contributed by atoms with Gasteiger partial charge in [0, 0.05) is 0 Å². The molecule has 0 aliphatic heterocycles. The number of hydrogen-bond donors (Lipinski definition) is 0. The fraction of sp³-hybridized carbons (Fsp3) is 0.250. The molecule has 124 valence electrons. The second kappa shape index (κ2) is 7.31. The molecule has 0 N–H and O–H groups in total. The smallest absolute Gasteiger partial charge is 0.0807 e. The first-order valence-corrected chi connectivity index (χ1v) is 9.58. The lowest BCUT2D eigenvalue weighted by molar-refractivity contribution is 0.443. The predicted octanol–water partition coefficient (Wildman–Crippen LogP) is 5.33. The molecular formula is C24H25B. The Morgan fingerprint density at radius 2 is 1.32 bits per heavy atom. The topological polar surface area (TPSA) is 0 Å². The molecule has 4 rings (SSSR count). The summed E-state index contributed by atoms with van der Waals surface area (Å²) < 4.78 is 0. The van der Waals surface area contributed by atoms with E-state index in [-0.39, 0.29) is 0 Å². The lowest BCUT2D eigenvalue weighted by Crippen LogP contribution is -2.07. The van der Waals surface area contributed by atoms with E-state index in [1.54, 1.807) is 0 Å². The quantitative estimate of drug-likeness (QED) is 0.572. The number of rotatable bonds is 3. The molecule has 1 heteroatoms. The van der Waals surface area contributed by atoms with Crippen molar-refractivity contribution in [1.82, 2.24) is 0 Å². The van der Waals surface area contributed by atoms with Crippen LogP contribution in [0.15, 0.2) is 72.8 Å². The minimum atomic E-state index is 0.782. The average molecular weight is 324 g/mol. The highest BCUT2D eigenvalue weighted by Gasteiger charge is 2.15. The van der Waals surface area contributed by atoms with Crippen molar-refractivity contribution in [3.8, 4) is 22.3 Å². The summed E-state index contributed by atoms with van der Waals surface area (Å²) in [6.07, 6.45) is 6.94. The molecule has 0 bridgehead atoms. The number of benzene rings is 3. The summed E-state index contributed by atoms with van der Waals surface area (Å²) in [7, 11) is 2.21. The van der Waals surface area contributed by atoms with Gasteiger partial charge in [-0.1, -0.05) is 97.5 Å². The van der Waals surface area contributed by atoms with Gasteiger partial charge in [0.2, 0.25) is 0 Å². The monoisotopic (exact) mass is 324 g/mol. The van der Waals surface area contributed by atoms with Crippen LogP contribution in [0.4, 0.5) is 0 Å². The van der Waals surface area contributed by atoms with Gasteiger partial charge in [-0.3, -0.25) is 0 Å². The van der Waals surface area contributed by atoms with Gasteiger partial charge in [-0.15, -0.1) is 0 Å². The van der Waals surface area contributed by atoms with Crippen LogP contribution in [-0.4, -0.2) is 7.85 Å². The number of hydrogen-bond acceptors (Lipinski definition) is 0. The van der Waals surface area contributed by atoms with Gasteiger partial charge in [0.15, 0.2) is 0 Å². The summed E-state index contributed by atoms with van der Waals surface area (Å²) in [6, 6.07) is 26.8. The maximum Gasteiger partial charge on any atom is 0.140 e. The van der Waals surface area contributed by atoms with Gasteiger partial charge in [0.25, 0.3) is 0 Å². The molecule has 1 aliphatic rings. The molecule has 1 saturated carbocycles. The fourth-order valence-corrected chi connectivity index (χ4v) is 4.17. The zero-order valence-electron chi connectivity index (χ0n) is 15.0. The highest BCUT2D eigenvalue weighted by atomic mass is 14.2. The molecule has 0 unspecified atom stereocenters. The van der Waals surface area contributed by atoms with Crippen LogP contribution in [0, 0.1) is 0 Å². The molecule has 0 atom stereocenters. The Kier molecular flexibility index (Phi) is 4.74. The highest BCUT2D eigenvalue weighted by molar-refractivity contribution is 6.36. The van der Waals surface area contributed by atoms with Crippen molar-refractivity contribution in [2.24, 2.45) is 0 Å². The highest BCUT2D eigenvalue weighted by Crippen LogP contribution is 2.33.